The summed E-state index contributed by atoms with van der Waals surface area (Å²) in [6.07, 6.45) is 3.31. The number of halogens is 2. The zero-order valence-electron chi connectivity index (χ0n) is 9.90. The molecule has 0 saturated heterocycles. The second-order valence-corrected chi connectivity index (χ2v) is 6.69. The molecule has 1 heterocycles. The molecule has 98 valence electrons. The predicted molar refractivity (Wildman–Crippen MR) is 84.4 cm³/mol. The molecule has 1 aromatic carbocycles. The average molecular weight is 357 g/mol. The van der Waals surface area contributed by atoms with Gasteiger partial charge < -0.3 is 5.32 Å². The number of benzene rings is 1. The van der Waals surface area contributed by atoms with Crippen LogP contribution in [0.4, 0.5) is 0 Å². The first-order valence-electron chi connectivity index (χ1n) is 5.60. The van der Waals surface area contributed by atoms with Gasteiger partial charge in [-0.3, -0.25) is 4.79 Å². The minimum atomic E-state index is -0.135. The Labute approximate surface area is 129 Å². The molecule has 0 aliphatic heterocycles. The lowest BCUT2D eigenvalue weighted by Crippen LogP contribution is -2.20. The largest absolute Gasteiger partial charge is 0.348 e. The van der Waals surface area contributed by atoms with E-state index in [4.69, 9.17) is 11.6 Å². The smallest absolute Gasteiger partial charge is 0.244 e. The van der Waals surface area contributed by atoms with E-state index >= 15 is 0 Å². The van der Waals surface area contributed by atoms with Crippen LogP contribution in [-0.2, 0) is 11.3 Å². The maximum absolute atomic E-state index is 11.7. The molecule has 0 spiro atoms. The molecule has 0 unspecified atom stereocenters. The third-order valence-electron chi connectivity index (χ3n) is 2.40. The van der Waals surface area contributed by atoms with Crippen LogP contribution in [0.25, 0.3) is 6.08 Å². The van der Waals surface area contributed by atoms with E-state index in [2.05, 4.69) is 21.2 Å². The van der Waals surface area contributed by atoms with Gasteiger partial charge in [0.15, 0.2) is 0 Å². The van der Waals surface area contributed by atoms with E-state index in [9.17, 15) is 4.79 Å². The molecule has 2 nitrogen and oxygen atoms in total. The van der Waals surface area contributed by atoms with Gasteiger partial charge in [0, 0.05) is 22.5 Å². The van der Waals surface area contributed by atoms with Gasteiger partial charge in [-0.15, -0.1) is 11.3 Å². The predicted octanol–water partition coefficient (Wildman–Crippen LogP) is 4.49. The second-order valence-electron chi connectivity index (χ2n) is 3.78. The average Bonchev–Trinajstić information content (AvgIpc) is 2.81. The van der Waals surface area contributed by atoms with Crippen molar-refractivity contribution in [1.82, 2.24) is 5.32 Å². The van der Waals surface area contributed by atoms with E-state index in [1.807, 2.05) is 36.4 Å². The molecule has 1 aromatic heterocycles. The SMILES string of the molecule is O=C(/C=C/c1ccc(Br)s1)NCc1ccccc1Cl. The molecule has 0 fully saturated rings. The lowest BCUT2D eigenvalue weighted by Gasteiger charge is -2.04. The van der Waals surface area contributed by atoms with Gasteiger partial charge >= 0.3 is 0 Å². The highest BCUT2D eigenvalue weighted by molar-refractivity contribution is 9.11. The van der Waals surface area contributed by atoms with Crippen molar-refractivity contribution in [3.8, 4) is 0 Å². The minimum Gasteiger partial charge on any atom is -0.348 e. The number of hydrogen-bond donors (Lipinski definition) is 1. The van der Waals surface area contributed by atoms with Crippen LogP contribution in [0, 0.1) is 0 Å². The molecule has 1 N–H and O–H groups in total. The maximum atomic E-state index is 11.7. The van der Waals surface area contributed by atoms with Crippen LogP contribution in [0.3, 0.4) is 0 Å². The van der Waals surface area contributed by atoms with Crippen LogP contribution in [0.2, 0.25) is 5.02 Å². The minimum absolute atomic E-state index is 0.135. The number of thiophene rings is 1. The number of amides is 1. The van der Waals surface area contributed by atoms with Gasteiger partial charge in [-0.1, -0.05) is 29.8 Å². The Hall–Kier alpha value is -1.10. The fourth-order valence-electron chi connectivity index (χ4n) is 1.46. The molecule has 0 bridgehead atoms. The third-order valence-corrected chi connectivity index (χ3v) is 4.36. The molecule has 0 saturated carbocycles. The zero-order chi connectivity index (χ0) is 13.7. The fourth-order valence-corrected chi connectivity index (χ4v) is 2.99. The molecule has 0 radical (unpaired) electrons. The van der Waals surface area contributed by atoms with Crippen LogP contribution in [0.15, 0.2) is 46.3 Å². The molecular weight excluding hydrogens is 346 g/mol. The second kappa shape index (κ2) is 6.89. The van der Waals surface area contributed by atoms with Crippen LogP contribution >= 0.6 is 38.9 Å². The molecular formula is C14H11BrClNOS. The van der Waals surface area contributed by atoms with Crippen molar-refractivity contribution in [3.05, 3.63) is 61.7 Å². The summed E-state index contributed by atoms with van der Waals surface area (Å²) in [6.45, 7) is 0.428. The van der Waals surface area contributed by atoms with E-state index in [1.54, 1.807) is 17.4 Å². The van der Waals surface area contributed by atoms with Crippen molar-refractivity contribution in [2.45, 2.75) is 6.54 Å². The molecule has 0 atom stereocenters. The van der Waals surface area contributed by atoms with Crippen LogP contribution in [-0.4, -0.2) is 5.91 Å². The summed E-state index contributed by atoms with van der Waals surface area (Å²) in [4.78, 5) is 12.7. The highest BCUT2D eigenvalue weighted by Gasteiger charge is 2.01. The van der Waals surface area contributed by atoms with Crippen molar-refractivity contribution in [3.63, 3.8) is 0 Å². The molecule has 1 amide bonds. The van der Waals surface area contributed by atoms with E-state index in [0.29, 0.717) is 11.6 Å². The Morgan fingerprint density at radius 1 is 1.32 bits per heavy atom. The first-order chi connectivity index (χ1) is 9.15. The summed E-state index contributed by atoms with van der Waals surface area (Å²) in [5.41, 5.74) is 0.907. The monoisotopic (exact) mass is 355 g/mol. The van der Waals surface area contributed by atoms with Crippen molar-refractivity contribution in [1.29, 1.82) is 0 Å². The van der Waals surface area contributed by atoms with Gasteiger partial charge in [-0.2, -0.15) is 0 Å². The summed E-state index contributed by atoms with van der Waals surface area (Å²) < 4.78 is 1.05. The Morgan fingerprint density at radius 2 is 2.11 bits per heavy atom. The van der Waals surface area contributed by atoms with Crippen molar-refractivity contribution >= 4 is 50.9 Å². The first-order valence-corrected chi connectivity index (χ1v) is 7.58. The first kappa shape index (κ1) is 14.3. The molecule has 2 rings (SSSR count). The highest BCUT2D eigenvalue weighted by atomic mass is 79.9. The van der Waals surface area contributed by atoms with Crippen LogP contribution in [0.1, 0.15) is 10.4 Å². The van der Waals surface area contributed by atoms with Gasteiger partial charge in [0.2, 0.25) is 5.91 Å². The summed E-state index contributed by atoms with van der Waals surface area (Å²) in [5, 5.41) is 3.46. The molecule has 19 heavy (non-hydrogen) atoms. The quantitative estimate of drug-likeness (QED) is 0.803. The van der Waals surface area contributed by atoms with E-state index in [-0.39, 0.29) is 5.91 Å². The number of hydrogen-bond acceptors (Lipinski definition) is 2. The topological polar surface area (TPSA) is 29.1 Å². The van der Waals surface area contributed by atoms with Crippen LogP contribution in [0.5, 0.6) is 0 Å². The summed E-state index contributed by atoms with van der Waals surface area (Å²) in [5.74, 6) is -0.135. The zero-order valence-corrected chi connectivity index (χ0v) is 13.1. The van der Waals surface area contributed by atoms with Gasteiger partial charge in [-0.05, 0) is 45.8 Å². The molecule has 0 aliphatic carbocycles. The molecule has 0 aliphatic rings. The van der Waals surface area contributed by atoms with Gasteiger partial charge in [0.25, 0.3) is 0 Å². The summed E-state index contributed by atoms with van der Waals surface area (Å²) >= 11 is 11.0. The molecule has 5 heteroatoms. The lowest BCUT2D eigenvalue weighted by atomic mass is 10.2. The normalized spacial score (nSPS) is 10.8. The number of nitrogens with one attached hydrogen (secondary N) is 1. The Bertz CT molecular complexity index is 609. The van der Waals surface area contributed by atoms with Gasteiger partial charge in [-0.25, -0.2) is 0 Å². The summed E-state index contributed by atoms with van der Waals surface area (Å²) in [6, 6.07) is 11.4. The third kappa shape index (κ3) is 4.49. The Morgan fingerprint density at radius 3 is 2.79 bits per heavy atom. The lowest BCUT2D eigenvalue weighted by molar-refractivity contribution is -0.116. The van der Waals surface area contributed by atoms with Crippen molar-refractivity contribution in [2.24, 2.45) is 0 Å². The summed E-state index contributed by atoms with van der Waals surface area (Å²) in [7, 11) is 0. The van der Waals surface area contributed by atoms with Crippen molar-refractivity contribution < 1.29 is 4.79 Å². The van der Waals surface area contributed by atoms with E-state index < -0.39 is 0 Å². The number of rotatable bonds is 4. The van der Waals surface area contributed by atoms with Gasteiger partial charge in [0.05, 0.1) is 3.79 Å². The standard InChI is InChI=1S/C14H11BrClNOS/c15-13-7-5-11(19-13)6-8-14(18)17-9-10-3-1-2-4-12(10)16/h1-8H,9H2,(H,17,18)/b8-6+. The molecule has 2 aromatic rings. The van der Waals surface area contributed by atoms with E-state index in [1.165, 1.54) is 6.08 Å². The van der Waals surface area contributed by atoms with E-state index in [0.717, 1.165) is 14.2 Å². The Kier molecular flexibility index (Phi) is 5.19. The number of carbonyl (C=O) groups is 1. The fraction of sp³-hybridized carbons (Fsp3) is 0.0714. The van der Waals surface area contributed by atoms with Crippen molar-refractivity contribution in [2.75, 3.05) is 0 Å². The van der Waals surface area contributed by atoms with Crippen LogP contribution < -0.4 is 5.32 Å². The Balaban J connectivity index is 1.88. The maximum Gasteiger partial charge on any atom is 0.244 e. The highest BCUT2D eigenvalue weighted by Crippen LogP contribution is 2.22. The van der Waals surface area contributed by atoms with Gasteiger partial charge in [0.1, 0.15) is 0 Å². The number of carbonyl (C=O) groups excluding carboxylic acids is 1.